The Hall–Kier alpha value is -1.83. The predicted molar refractivity (Wildman–Crippen MR) is 67.4 cm³/mol. The van der Waals surface area contributed by atoms with Gasteiger partial charge in [0, 0.05) is 19.3 Å². The number of hydrogen-bond acceptors (Lipinski definition) is 2. The first kappa shape index (κ1) is 10.7. The van der Waals surface area contributed by atoms with Gasteiger partial charge in [0.1, 0.15) is 5.82 Å². The first-order chi connectivity index (χ1) is 7.90. The van der Waals surface area contributed by atoms with Crippen molar-refractivity contribution in [1.29, 1.82) is 0 Å². The Balaban J connectivity index is 2.13. The first-order valence-corrected chi connectivity index (χ1v) is 5.60. The van der Waals surface area contributed by atoms with Gasteiger partial charge in [-0.05, 0) is 24.6 Å². The van der Waals surface area contributed by atoms with Crippen LogP contribution < -0.4 is 4.90 Å². The van der Waals surface area contributed by atoms with Crippen LogP contribution in [0.2, 0.25) is 0 Å². The smallest absolute Gasteiger partial charge is 0.128 e. The van der Waals surface area contributed by atoms with Gasteiger partial charge in [-0.15, -0.1) is 0 Å². The summed E-state index contributed by atoms with van der Waals surface area (Å²) in [7, 11) is 0. The van der Waals surface area contributed by atoms with Gasteiger partial charge < -0.3 is 4.90 Å². The van der Waals surface area contributed by atoms with E-state index >= 15 is 0 Å². The molecule has 0 fully saturated rings. The monoisotopic (exact) mass is 212 g/mol. The van der Waals surface area contributed by atoms with Crippen molar-refractivity contribution in [3.63, 3.8) is 0 Å². The summed E-state index contributed by atoms with van der Waals surface area (Å²) in [4.78, 5) is 6.63. The minimum Gasteiger partial charge on any atom is -0.353 e. The van der Waals surface area contributed by atoms with Crippen LogP contribution in [-0.2, 0) is 6.54 Å². The molecule has 0 radical (unpaired) electrons. The van der Waals surface area contributed by atoms with Crippen LogP contribution in [0.15, 0.2) is 54.7 Å². The van der Waals surface area contributed by atoms with Crippen LogP contribution in [0.4, 0.5) is 5.82 Å². The second-order valence-electron chi connectivity index (χ2n) is 3.69. The van der Waals surface area contributed by atoms with Crippen molar-refractivity contribution < 1.29 is 0 Å². The molecule has 2 heteroatoms. The predicted octanol–water partition coefficient (Wildman–Crippen LogP) is 3.11. The highest BCUT2D eigenvalue weighted by atomic mass is 15.2. The van der Waals surface area contributed by atoms with E-state index in [1.165, 1.54) is 5.56 Å². The quantitative estimate of drug-likeness (QED) is 0.774. The molecule has 1 heterocycles. The molecule has 0 aliphatic heterocycles. The maximum Gasteiger partial charge on any atom is 0.128 e. The molecule has 0 bridgehead atoms. The summed E-state index contributed by atoms with van der Waals surface area (Å²) < 4.78 is 0. The maximum atomic E-state index is 4.37. The number of benzene rings is 1. The van der Waals surface area contributed by atoms with Gasteiger partial charge in [0.25, 0.3) is 0 Å². The molecule has 16 heavy (non-hydrogen) atoms. The molecule has 0 aliphatic rings. The van der Waals surface area contributed by atoms with Crippen LogP contribution in [-0.4, -0.2) is 11.5 Å². The Morgan fingerprint density at radius 3 is 2.38 bits per heavy atom. The lowest BCUT2D eigenvalue weighted by Gasteiger charge is -2.21. The molecule has 0 saturated carbocycles. The maximum absolute atomic E-state index is 4.37. The van der Waals surface area contributed by atoms with Crippen molar-refractivity contribution in [1.82, 2.24) is 4.98 Å². The largest absolute Gasteiger partial charge is 0.353 e. The van der Waals surface area contributed by atoms with Gasteiger partial charge in [-0.25, -0.2) is 4.98 Å². The number of hydrogen-bond donors (Lipinski definition) is 0. The van der Waals surface area contributed by atoms with Crippen LogP contribution in [0.25, 0.3) is 0 Å². The number of aromatic nitrogens is 1. The molecule has 0 aliphatic carbocycles. The SMILES string of the molecule is CCN(Cc1ccccc1)c1ccccn1. The third-order valence-corrected chi connectivity index (χ3v) is 2.57. The molecule has 0 amide bonds. The van der Waals surface area contributed by atoms with Crippen molar-refractivity contribution in [2.45, 2.75) is 13.5 Å². The standard InChI is InChI=1S/C14H16N2/c1-2-16(14-10-6-7-11-15-14)12-13-8-4-3-5-9-13/h3-11H,2,12H2,1H3. The zero-order valence-electron chi connectivity index (χ0n) is 9.50. The Morgan fingerprint density at radius 1 is 1.00 bits per heavy atom. The summed E-state index contributed by atoms with van der Waals surface area (Å²) in [6.07, 6.45) is 1.84. The molecular formula is C14H16N2. The average Bonchev–Trinajstić information content (AvgIpc) is 2.38. The third-order valence-electron chi connectivity index (χ3n) is 2.57. The van der Waals surface area contributed by atoms with Crippen LogP contribution >= 0.6 is 0 Å². The highest BCUT2D eigenvalue weighted by Gasteiger charge is 2.04. The lowest BCUT2D eigenvalue weighted by molar-refractivity contribution is 0.814. The van der Waals surface area contributed by atoms with Gasteiger partial charge in [0.05, 0.1) is 0 Å². The Kier molecular flexibility index (Phi) is 3.54. The van der Waals surface area contributed by atoms with Gasteiger partial charge in [-0.2, -0.15) is 0 Å². The summed E-state index contributed by atoms with van der Waals surface area (Å²) in [6, 6.07) is 16.5. The van der Waals surface area contributed by atoms with Crippen LogP contribution in [0.3, 0.4) is 0 Å². The van der Waals surface area contributed by atoms with Crippen LogP contribution in [0.5, 0.6) is 0 Å². The van der Waals surface area contributed by atoms with E-state index in [4.69, 9.17) is 0 Å². The molecule has 0 saturated heterocycles. The molecule has 82 valence electrons. The summed E-state index contributed by atoms with van der Waals surface area (Å²) in [5.41, 5.74) is 1.31. The van der Waals surface area contributed by atoms with E-state index in [1.807, 2.05) is 30.5 Å². The number of nitrogens with zero attached hydrogens (tertiary/aromatic N) is 2. The molecule has 1 aromatic heterocycles. The fraction of sp³-hybridized carbons (Fsp3) is 0.214. The van der Waals surface area contributed by atoms with E-state index in [0.717, 1.165) is 18.9 Å². The molecular weight excluding hydrogens is 196 g/mol. The van der Waals surface area contributed by atoms with E-state index in [0.29, 0.717) is 0 Å². The zero-order chi connectivity index (χ0) is 11.2. The minimum absolute atomic E-state index is 0.911. The van der Waals surface area contributed by atoms with E-state index in [9.17, 15) is 0 Å². The molecule has 1 aromatic carbocycles. The Labute approximate surface area is 96.6 Å². The van der Waals surface area contributed by atoms with Crippen molar-refractivity contribution in [2.75, 3.05) is 11.4 Å². The number of rotatable bonds is 4. The first-order valence-electron chi connectivity index (χ1n) is 5.60. The number of anilines is 1. The van der Waals surface area contributed by atoms with Gasteiger partial charge in [-0.1, -0.05) is 36.4 Å². The van der Waals surface area contributed by atoms with E-state index in [2.05, 4.69) is 41.1 Å². The lowest BCUT2D eigenvalue weighted by Crippen LogP contribution is -2.22. The van der Waals surface area contributed by atoms with E-state index in [1.54, 1.807) is 0 Å². The van der Waals surface area contributed by atoms with Crippen molar-refractivity contribution in [3.05, 3.63) is 60.3 Å². The van der Waals surface area contributed by atoms with E-state index < -0.39 is 0 Å². The second kappa shape index (κ2) is 5.31. The number of pyridine rings is 1. The third kappa shape index (κ3) is 2.60. The van der Waals surface area contributed by atoms with Gasteiger partial charge in [0.2, 0.25) is 0 Å². The van der Waals surface area contributed by atoms with Gasteiger partial charge in [0.15, 0.2) is 0 Å². The fourth-order valence-corrected chi connectivity index (χ4v) is 1.70. The Morgan fingerprint density at radius 2 is 1.75 bits per heavy atom. The molecule has 2 rings (SSSR count). The van der Waals surface area contributed by atoms with Crippen molar-refractivity contribution in [3.8, 4) is 0 Å². The van der Waals surface area contributed by atoms with E-state index in [-0.39, 0.29) is 0 Å². The van der Waals surface area contributed by atoms with Gasteiger partial charge >= 0.3 is 0 Å². The lowest BCUT2D eigenvalue weighted by atomic mass is 10.2. The zero-order valence-corrected chi connectivity index (χ0v) is 9.50. The van der Waals surface area contributed by atoms with Gasteiger partial charge in [-0.3, -0.25) is 0 Å². The van der Waals surface area contributed by atoms with Crippen molar-refractivity contribution >= 4 is 5.82 Å². The molecule has 0 unspecified atom stereocenters. The highest BCUT2D eigenvalue weighted by molar-refractivity contribution is 5.38. The molecule has 2 nitrogen and oxygen atoms in total. The molecule has 0 N–H and O–H groups in total. The summed E-state index contributed by atoms with van der Waals surface area (Å²) >= 11 is 0. The molecule has 2 aromatic rings. The average molecular weight is 212 g/mol. The normalized spacial score (nSPS) is 10.1. The van der Waals surface area contributed by atoms with Crippen LogP contribution in [0, 0.1) is 0 Å². The van der Waals surface area contributed by atoms with Crippen LogP contribution in [0.1, 0.15) is 12.5 Å². The second-order valence-corrected chi connectivity index (χ2v) is 3.69. The summed E-state index contributed by atoms with van der Waals surface area (Å²) in [5, 5.41) is 0. The highest BCUT2D eigenvalue weighted by Crippen LogP contribution is 2.12. The molecule has 0 atom stereocenters. The molecule has 0 spiro atoms. The Bertz CT molecular complexity index is 411. The topological polar surface area (TPSA) is 16.1 Å². The minimum atomic E-state index is 0.911. The summed E-state index contributed by atoms with van der Waals surface area (Å²) in [5.74, 6) is 1.04. The summed E-state index contributed by atoms with van der Waals surface area (Å²) in [6.45, 7) is 4.03. The fourth-order valence-electron chi connectivity index (χ4n) is 1.70. The van der Waals surface area contributed by atoms with Crippen molar-refractivity contribution in [2.24, 2.45) is 0 Å².